The number of nitrogens with two attached hydrogens (primary N) is 1. The predicted octanol–water partition coefficient (Wildman–Crippen LogP) is -0.833. The van der Waals surface area contributed by atoms with Crippen LogP contribution in [0.4, 0.5) is 0 Å². The van der Waals surface area contributed by atoms with Crippen molar-refractivity contribution in [3.8, 4) is 0 Å². The van der Waals surface area contributed by atoms with E-state index in [2.05, 4.69) is 4.74 Å². The number of ether oxygens (including phenoxy) is 1. The third kappa shape index (κ3) is 3.53. The Morgan fingerprint density at radius 2 is 1.93 bits per heavy atom. The monoisotopic (exact) mass is 203 g/mol. The van der Waals surface area contributed by atoms with E-state index in [-0.39, 0.29) is 0 Å². The first kappa shape index (κ1) is 12.6. The molecule has 0 aromatic rings. The van der Waals surface area contributed by atoms with Gasteiger partial charge in [-0.05, 0) is 6.92 Å². The Hall–Kier alpha value is -1.43. The molecule has 2 atom stereocenters. The number of hydrogen-bond acceptors (Lipinski definition) is 5. The highest BCUT2D eigenvalue weighted by Gasteiger charge is 2.30. The molecule has 0 bridgehead atoms. The van der Waals surface area contributed by atoms with Crippen molar-refractivity contribution >= 4 is 17.7 Å². The lowest BCUT2D eigenvalue weighted by atomic mass is 9.93. The van der Waals surface area contributed by atoms with E-state index in [1.165, 1.54) is 6.92 Å². The van der Waals surface area contributed by atoms with Gasteiger partial charge in [-0.25, -0.2) is 0 Å². The Morgan fingerprint density at radius 3 is 2.21 bits per heavy atom. The summed E-state index contributed by atoms with van der Waals surface area (Å²) in [5, 5.41) is 8.48. The minimum Gasteiger partial charge on any atom is -0.481 e. The second kappa shape index (κ2) is 5.33. The maximum absolute atomic E-state index is 11.0. The van der Waals surface area contributed by atoms with Gasteiger partial charge >= 0.3 is 11.9 Å². The van der Waals surface area contributed by atoms with Crippen molar-refractivity contribution in [3.63, 3.8) is 0 Å². The summed E-state index contributed by atoms with van der Waals surface area (Å²) in [4.78, 5) is 32.3. The van der Waals surface area contributed by atoms with Crippen LogP contribution < -0.4 is 5.73 Å². The summed E-state index contributed by atoms with van der Waals surface area (Å²) in [5.41, 5.74) is 5.36. The Balaban J connectivity index is 4.56. The molecule has 3 N–H and O–H groups in total. The fourth-order valence-electron chi connectivity index (χ4n) is 1.01. The lowest BCUT2D eigenvalue weighted by molar-refractivity contribution is -0.147. The molecule has 0 heterocycles. The number of carboxylic acids is 1. The SMILES string of the molecule is COC(=O)[C@@H](N)C(CC(=O)O)C(C)=O. The Labute approximate surface area is 81.0 Å². The molecule has 0 aliphatic rings. The number of methoxy groups -OCH3 is 1. The van der Waals surface area contributed by atoms with E-state index in [9.17, 15) is 14.4 Å². The van der Waals surface area contributed by atoms with E-state index in [0.29, 0.717) is 0 Å². The summed E-state index contributed by atoms with van der Waals surface area (Å²) in [5.74, 6) is -3.43. The molecule has 14 heavy (non-hydrogen) atoms. The van der Waals surface area contributed by atoms with E-state index in [4.69, 9.17) is 10.8 Å². The maximum Gasteiger partial charge on any atom is 0.323 e. The van der Waals surface area contributed by atoms with Crippen LogP contribution in [0.3, 0.4) is 0 Å². The number of ketones is 1. The molecule has 0 aliphatic heterocycles. The molecular weight excluding hydrogens is 190 g/mol. The van der Waals surface area contributed by atoms with Crippen LogP contribution in [0.25, 0.3) is 0 Å². The number of rotatable bonds is 5. The Kier molecular flexibility index (Phi) is 4.79. The summed E-state index contributed by atoms with van der Waals surface area (Å²) >= 11 is 0. The lowest BCUT2D eigenvalue weighted by Gasteiger charge is -2.17. The molecule has 0 saturated heterocycles. The number of aliphatic carboxylic acids is 1. The van der Waals surface area contributed by atoms with Crippen LogP contribution >= 0.6 is 0 Å². The number of esters is 1. The Morgan fingerprint density at radius 1 is 1.43 bits per heavy atom. The first-order valence-electron chi connectivity index (χ1n) is 3.95. The van der Waals surface area contributed by atoms with Crippen LogP contribution in [0.1, 0.15) is 13.3 Å². The second-order valence-electron chi connectivity index (χ2n) is 2.86. The highest BCUT2D eigenvalue weighted by molar-refractivity contribution is 5.89. The molecular formula is C8H13NO5. The fraction of sp³-hybridized carbons (Fsp3) is 0.625. The van der Waals surface area contributed by atoms with Crippen LogP contribution in [0, 0.1) is 5.92 Å². The van der Waals surface area contributed by atoms with Gasteiger partial charge in [-0.3, -0.25) is 14.4 Å². The number of Topliss-reactive ketones (excluding diaryl/α,β-unsaturated/α-hetero) is 1. The van der Waals surface area contributed by atoms with Crippen molar-refractivity contribution in [1.29, 1.82) is 0 Å². The molecule has 0 saturated carbocycles. The van der Waals surface area contributed by atoms with Gasteiger partial charge in [0, 0.05) is 0 Å². The van der Waals surface area contributed by atoms with Crippen LogP contribution in [0.15, 0.2) is 0 Å². The topological polar surface area (TPSA) is 107 Å². The lowest BCUT2D eigenvalue weighted by Crippen LogP contribution is -2.43. The van der Waals surface area contributed by atoms with Crippen molar-refractivity contribution in [2.24, 2.45) is 11.7 Å². The van der Waals surface area contributed by atoms with Crippen molar-refractivity contribution in [2.75, 3.05) is 7.11 Å². The minimum absolute atomic E-state index is 0.440. The first-order chi connectivity index (χ1) is 6.40. The summed E-state index contributed by atoms with van der Waals surface area (Å²) in [6.07, 6.45) is -0.467. The average Bonchev–Trinajstić information content (AvgIpc) is 2.11. The second-order valence-corrected chi connectivity index (χ2v) is 2.86. The molecule has 0 rings (SSSR count). The van der Waals surface area contributed by atoms with Crippen molar-refractivity contribution in [3.05, 3.63) is 0 Å². The smallest absolute Gasteiger partial charge is 0.323 e. The molecule has 0 radical (unpaired) electrons. The van der Waals surface area contributed by atoms with E-state index < -0.39 is 36.1 Å². The summed E-state index contributed by atoms with van der Waals surface area (Å²) in [7, 11) is 1.13. The standard InChI is InChI=1S/C8H13NO5/c1-4(10)5(3-6(11)12)7(9)8(13)14-2/h5,7H,3,9H2,1-2H3,(H,11,12)/t5?,7-/m0/s1. The van der Waals surface area contributed by atoms with Crippen LogP contribution in [-0.4, -0.2) is 36.0 Å². The maximum atomic E-state index is 11.0. The van der Waals surface area contributed by atoms with Gasteiger partial charge in [0.05, 0.1) is 19.4 Å². The van der Waals surface area contributed by atoms with Gasteiger partial charge in [0.1, 0.15) is 11.8 Å². The predicted molar refractivity (Wildman–Crippen MR) is 46.4 cm³/mol. The average molecular weight is 203 g/mol. The third-order valence-corrected chi connectivity index (χ3v) is 1.82. The van der Waals surface area contributed by atoms with Crippen molar-refractivity contribution < 1.29 is 24.2 Å². The molecule has 6 nitrogen and oxygen atoms in total. The van der Waals surface area contributed by atoms with E-state index >= 15 is 0 Å². The fourth-order valence-corrected chi connectivity index (χ4v) is 1.01. The summed E-state index contributed by atoms with van der Waals surface area (Å²) in [6.45, 7) is 1.19. The van der Waals surface area contributed by atoms with Crippen LogP contribution in [-0.2, 0) is 19.1 Å². The van der Waals surface area contributed by atoms with Crippen LogP contribution in [0.2, 0.25) is 0 Å². The van der Waals surface area contributed by atoms with Gasteiger partial charge in [-0.15, -0.1) is 0 Å². The van der Waals surface area contributed by atoms with Crippen molar-refractivity contribution in [2.45, 2.75) is 19.4 Å². The first-order valence-corrected chi connectivity index (χ1v) is 3.95. The van der Waals surface area contributed by atoms with Gasteiger partial charge in [0.2, 0.25) is 0 Å². The largest absolute Gasteiger partial charge is 0.481 e. The highest BCUT2D eigenvalue weighted by Crippen LogP contribution is 2.10. The van der Waals surface area contributed by atoms with Gasteiger partial charge in [0.15, 0.2) is 0 Å². The van der Waals surface area contributed by atoms with Gasteiger partial charge in [0.25, 0.3) is 0 Å². The highest BCUT2D eigenvalue weighted by atomic mass is 16.5. The van der Waals surface area contributed by atoms with Crippen molar-refractivity contribution in [1.82, 2.24) is 0 Å². The minimum atomic E-state index is -1.21. The molecule has 6 heteroatoms. The number of carboxylic acid groups (broad SMARTS) is 1. The summed E-state index contributed by atoms with van der Waals surface area (Å²) in [6, 6.07) is -1.21. The van der Waals surface area contributed by atoms with Gasteiger partial charge < -0.3 is 15.6 Å². The quantitative estimate of drug-likeness (QED) is 0.564. The zero-order valence-electron chi connectivity index (χ0n) is 8.02. The van der Waals surface area contributed by atoms with E-state index in [1.807, 2.05) is 0 Å². The van der Waals surface area contributed by atoms with Crippen LogP contribution in [0.5, 0.6) is 0 Å². The van der Waals surface area contributed by atoms with Gasteiger partial charge in [-0.2, -0.15) is 0 Å². The molecule has 0 amide bonds. The zero-order valence-corrected chi connectivity index (χ0v) is 8.02. The van der Waals surface area contributed by atoms with E-state index in [1.54, 1.807) is 0 Å². The summed E-state index contributed by atoms with van der Waals surface area (Å²) < 4.78 is 4.32. The number of hydrogen-bond donors (Lipinski definition) is 2. The third-order valence-electron chi connectivity index (χ3n) is 1.82. The molecule has 0 aromatic heterocycles. The number of carbonyl (C=O) groups is 3. The number of carbonyl (C=O) groups excluding carboxylic acids is 2. The zero-order chi connectivity index (χ0) is 11.3. The molecule has 80 valence electrons. The Bertz CT molecular complexity index is 250. The molecule has 0 aliphatic carbocycles. The van der Waals surface area contributed by atoms with E-state index in [0.717, 1.165) is 7.11 Å². The normalized spacial score (nSPS) is 14.2. The molecule has 0 spiro atoms. The van der Waals surface area contributed by atoms with Gasteiger partial charge in [-0.1, -0.05) is 0 Å². The molecule has 0 fully saturated rings. The molecule has 1 unspecified atom stereocenters. The molecule has 0 aromatic carbocycles.